The van der Waals surface area contributed by atoms with Crippen LogP contribution in [-0.2, 0) is 32.7 Å². The number of aliphatic hydroxyl groups excluding tert-OH is 5. The zero-order valence-corrected chi connectivity index (χ0v) is 41.2. The summed E-state index contributed by atoms with van der Waals surface area (Å²) in [6, 6.07) is 0. The summed E-state index contributed by atoms with van der Waals surface area (Å²) in [5.41, 5.74) is 0. The Morgan fingerprint density at radius 1 is 0.477 bits per heavy atom. The molecular formula is C51H91O13P. The maximum atomic E-state index is 12.8. The fourth-order valence-electron chi connectivity index (χ4n) is 7.52. The van der Waals surface area contributed by atoms with E-state index in [0.29, 0.717) is 12.8 Å². The van der Waals surface area contributed by atoms with Crippen LogP contribution in [0.3, 0.4) is 0 Å². The number of esters is 2. The Kier molecular flexibility index (Phi) is 38.2. The van der Waals surface area contributed by atoms with E-state index in [1.54, 1.807) is 0 Å². The molecule has 0 aromatic rings. The van der Waals surface area contributed by atoms with Gasteiger partial charge < -0.3 is 39.9 Å². The first kappa shape index (κ1) is 60.8. The number of hydrogen-bond acceptors (Lipinski definition) is 12. The first-order chi connectivity index (χ1) is 31.4. The molecule has 0 aromatic heterocycles. The van der Waals surface area contributed by atoms with Crippen LogP contribution in [0, 0.1) is 0 Å². The minimum Gasteiger partial charge on any atom is -0.462 e. The third-order valence-electron chi connectivity index (χ3n) is 11.6. The van der Waals surface area contributed by atoms with E-state index in [1.165, 1.54) is 116 Å². The van der Waals surface area contributed by atoms with Gasteiger partial charge in [-0.05, 0) is 77.0 Å². The second-order valence-electron chi connectivity index (χ2n) is 17.7. The van der Waals surface area contributed by atoms with E-state index in [1.807, 2.05) is 0 Å². The molecule has 6 unspecified atom stereocenters. The molecular weight excluding hydrogens is 852 g/mol. The van der Waals surface area contributed by atoms with Crippen molar-refractivity contribution in [3.05, 3.63) is 48.6 Å². The minimum atomic E-state index is -5.13. The highest BCUT2D eigenvalue weighted by atomic mass is 31.2. The van der Waals surface area contributed by atoms with Gasteiger partial charge in [-0.15, -0.1) is 0 Å². The second kappa shape index (κ2) is 40.8. The summed E-state index contributed by atoms with van der Waals surface area (Å²) in [5.74, 6) is -1.14. The molecule has 14 heteroatoms. The summed E-state index contributed by atoms with van der Waals surface area (Å²) in [4.78, 5) is 35.8. The number of ether oxygens (including phenoxy) is 2. The van der Waals surface area contributed by atoms with Crippen molar-refractivity contribution in [3.63, 3.8) is 0 Å². The lowest BCUT2D eigenvalue weighted by atomic mass is 9.85. The van der Waals surface area contributed by atoms with Crippen molar-refractivity contribution in [1.29, 1.82) is 0 Å². The Hall–Kier alpha value is -2.19. The van der Waals surface area contributed by atoms with Crippen LogP contribution in [0.25, 0.3) is 0 Å². The summed E-state index contributed by atoms with van der Waals surface area (Å²) in [6.45, 7) is 3.25. The molecule has 0 spiro atoms. The van der Waals surface area contributed by atoms with E-state index in [-0.39, 0.29) is 12.8 Å². The summed E-state index contributed by atoms with van der Waals surface area (Å²) in [5, 5.41) is 50.2. The van der Waals surface area contributed by atoms with E-state index >= 15 is 0 Å². The van der Waals surface area contributed by atoms with E-state index in [0.717, 1.165) is 51.4 Å². The highest BCUT2D eigenvalue weighted by Gasteiger charge is 2.51. The van der Waals surface area contributed by atoms with Crippen LogP contribution >= 0.6 is 7.82 Å². The van der Waals surface area contributed by atoms with Gasteiger partial charge in [-0.2, -0.15) is 0 Å². The zero-order valence-electron chi connectivity index (χ0n) is 40.3. The van der Waals surface area contributed by atoms with Crippen molar-refractivity contribution in [1.82, 2.24) is 0 Å². The average molecular weight is 943 g/mol. The minimum absolute atomic E-state index is 0.0475. The van der Waals surface area contributed by atoms with Crippen LogP contribution in [0.1, 0.15) is 206 Å². The smallest absolute Gasteiger partial charge is 0.462 e. The Balaban J connectivity index is 2.41. The SMILES string of the molecule is CCCCC/C=C/C/C=C/C/C=C/CCCCC(=O)O[C@@H](COC(=O)CCCCCCCCCCCCC/C=C/CCCCCCCC)COP(=O)(O)OC1C(O)C(O)C(O)[C@H](O)C1O. The normalized spacial score (nSPS) is 21.8. The Labute approximate surface area is 392 Å². The first-order valence-corrected chi connectivity index (χ1v) is 26.9. The molecule has 0 heterocycles. The topological polar surface area (TPSA) is 210 Å². The van der Waals surface area contributed by atoms with E-state index in [9.17, 15) is 44.6 Å². The highest BCUT2D eigenvalue weighted by Crippen LogP contribution is 2.47. The van der Waals surface area contributed by atoms with Gasteiger partial charge in [0.05, 0.1) is 6.61 Å². The lowest BCUT2D eigenvalue weighted by Gasteiger charge is -2.41. The fourth-order valence-corrected chi connectivity index (χ4v) is 8.50. The molecule has 1 fully saturated rings. The van der Waals surface area contributed by atoms with Gasteiger partial charge in [-0.25, -0.2) is 4.57 Å². The Bertz CT molecular complexity index is 1320. The van der Waals surface area contributed by atoms with Crippen molar-refractivity contribution in [2.24, 2.45) is 0 Å². The Morgan fingerprint density at radius 2 is 0.831 bits per heavy atom. The Morgan fingerprint density at radius 3 is 1.34 bits per heavy atom. The predicted molar refractivity (Wildman–Crippen MR) is 258 cm³/mol. The van der Waals surface area contributed by atoms with Gasteiger partial charge in [0.1, 0.15) is 43.2 Å². The molecule has 1 rings (SSSR count). The van der Waals surface area contributed by atoms with E-state index in [2.05, 4.69) is 62.5 Å². The third-order valence-corrected chi connectivity index (χ3v) is 12.6. The molecule has 0 radical (unpaired) electrons. The van der Waals surface area contributed by atoms with Crippen LogP contribution in [0.4, 0.5) is 0 Å². The summed E-state index contributed by atoms with van der Waals surface area (Å²) < 4.78 is 33.6. The molecule has 1 aliphatic carbocycles. The number of unbranched alkanes of at least 4 members (excludes halogenated alkanes) is 22. The molecule has 0 bridgehead atoms. The first-order valence-electron chi connectivity index (χ1n) is 25.4. The van der Waals surface area contributed by atoms with Crippen LogP contribution < -0.4 is 0 Å². The molecule has 13 nitrogen and oxygen atoms in total. The summed E-state index contributed by atoms with van der Waals surface area (Å²) >= 11 is 0. The summed E-state index contributed by atoms with van der Waals surface area (Å²) in [7, 11) is -5.13. The van der Waals surface area contributed by atoms with Gasteiger partial charge in [-0.1, -0.05) is 165 Å². The molecule has 65 heavy (non-hydrogen) atoms. The molecule has 1 aliphatic rings. The molecule has 8 atom stereocenters. The molecule has 0 saturated heterocycles. The number of hydrogen-bond donors (Lipinski definition) is 6. The van der Waals surface area contributed by atoms with Crippen LogP contribution in [0.5, 0.6) is 0 Å². The van der Waals surface area contributed by atoms with Gasteiger partial charge in [0.2, 0.25) is 0 Å². The number of carbonyl (C=O) groups excluding carboxylic acids is 2. The quantitative estimate of drug-likeness (QED) is 0.0146. The molecule has 0 aliphatic heterocycles. The van der Waals surface area contributed by atoms with Crippen LogP contribution in [-0.4, -0.2) is 98.3 Å². The van der Waals surface area contributed by atoms with Gasteiger partial charge >= 0.3 is 19.8 Å². The van der Waals surface area contributed by atoms with Gasteiger partial charge in [0.15, 0.2) is 6.10 Å². The number of phosphoric ester groups is 1. The zero-order chi connectivity index (χ0) is 47.8. The lowest BCUT2D eigenvalue weighted by Crippen LogP contribution is -2.64. The molecule has 1 saturated carbocycles. The van der Waals surface area contributed by atoms with Crippen molar-refractivity contribution in [3.8, 4) is 0 Å². The number of phosphoric acid groups is 1. The van der Waals surface area contributed by atoms with Crippen molar-refractivity contribution < 1.29 is 63.1 Å². The summed E-state index contributed by atoms with van der Waals surface area (Å²) in [6.07, 6.45) is 35.9. The lowest BCUT2D eigenvalue weighted by molar-refractivity contribution is -0.220. The van der Waals surface area contributed by atoms with Crippen molar-refractivity contribution >= 4 is 19.8 Å². The molecule has 0 amide bonds. The van der Waals surface area contributed by atoms with E-state index in [4.69, 9.17) is 18.5 Å². The molecule has 0 aromatic carbocycles. The fraction of sp³-hybridized carbons (Fsp3) is 0.804. The standard InChI is InChI=1S/C51H91O13P/c1-3-5-7-9-11-13-15-17-19-20-21-22-23-24-26-27-29-31-33-35-37-39-44(52)61-41-43(42-62-65(59,60)64-51-49(57)47(55)46(54)48(56)50(51)58)63-45(53)40-38-36-34-32-30-28-25-18-16-14-12-10-8-6-4-2/h12,14,17-19,25,30,32,43,46-51,54-58H,3-11,13,15-16,20-24,26-29,31,33-42H2,1-2H3,(H,59,60)/b14-12+,19-17+,25-18+,32-30+/t43-,46?,47-,48?,49?,50?,51?/m0/s1. The highest BCUT2D eigenvalue weighted by molar-refractivity contribution is 7.47. The van der Waals surface area contributed by atoms with Gasteiger partial charge in [-0.3, -0.25) is 18.6 Å². The molecule has 378 valence electrons. The number of carbonyl (C=O) groups is 2. The van der Waals surface area contributed by atoms with E-state index < -0.39 is 75.7 Å². The average Bonchev–Trinajstić information content (AvgIpc) is 3.29. The maximum Gasteiger partial charge on any atom is 0.472 e. The van der Waals surface area contributed by atoms with Crippen molar-refractivity contribution in [2.75, 3.05) is 13.2 Å². The second-order valence-corrected chi connectivity index (χ2v) is 19.1. The largest absolute Gasteiger partial charge is 0.472 e. The monoisotopic (exact) mass is 943 g/mol. The molecule has 6 N–H and O–H groups in total. The van der Waals surface area contributed by atoms with Gasteiger partial charge in [0.25, 0.3) is 0 Å². The predicted octanol–water partition coefficient (Wildman–Crippen LogP) is 10.7. The van der Waals surface area contributed by atoms with Crippen molar-refractivity contribution in [2.45, 2.75) is 249 Å². The number of rotatable bonds is 42. The van der Waals surface area contributed by atoms with Gasteiger partial charge in [0, 0.05) is 12.8 Å². The third kappa shape index (κ3) is 33.0. The number of allylic oxidation sites excluding steroid dienone is 8. The van der Waals surface area contributed by atoms with Crippen LogP contribution in [0.2, 0.25) is 0 Å². The van der Waals surface area contributed by atoms with Crippen LogP contribution in [0.15, 0.2) is 48.6 Å². The number of aliphatic hydroxyl groups is 5. The maximum absolute atomic E-state index is 12.8.